The second-order valence-corrected chi connectivity index (χ2v) is 4.91. The van der Waals surface area contributed by atoms with Crippen LogP contribution in [-0.2, 0) is 22.3 Å². The van der Waals surface area contributed by atoms with Crippen LogP contribution in [0, 0.1) is 0 Å². The Hall–Kier alpha value is -0.910. The Morgan fingerprint density at radius 3 is 2.14 bits per heavy atom. The van der Waals surface area contributed by atoms with Crippen LogP contribution in [0.5, 0.6) is 0 Å². The van der Waals surface area contributed by atoms with Crippen molar-refractivity contribution in [3.8, 4) is 0 Å². The smallest absolute Gasteiger partial charge is 0.215 e. The third-order valence-electron chi connectivity index (χ3n) is 1.93. The summed E-state index contributed by atoms with van der Waals surface area (Å²) < 4.78 is 24.6. The fourth-order valence-electron chi connectivity index (χ4n) is 1.06. The van der Waals surface area contributed by atoms with Crippen molar-refractivity contribution in [3.05, 3.63) is 35.4 Å². The number of nitrogens with two attached hydrogens (primary N) is 1. The van der Waals surface area contributed by atoms with Crippen molar-refractivity contribution >= 4 is 10.0 Å². The Morgan fingerprint density at radius 2 is 1.71 bits per heavy atom. The van der Waals surface area contributed by atoms with E-state index >= 15 is 0 Å². The highest BCUT2D eigenvalue weighted by molar-refractivity contribution is 7.88. The highest BCUT2D eigenvalue weighted by Crippen LogP contribution is 2.06. The van der Waals surface area contributed by atoms with Crippen molar-refractivity contribution < 1.29 is 8.42 Å². The Kier molecular flexibility index (Phi) is 3.62. The van der Waals surface area contributed by atoms with Gasteiger partial charge < -0.3 is 5.73 Å². The van der Waals surface area contributed by atoms with Crippen molar-refractivity contribution in [3.63, 3.8) is 0 Å². The molecule has 0 saturated heterocycles. The molecule has 0 saturated carbocycles. The molecule has 0 aliphatic heterocycles. The predicted molar refractivity (Wildman–Crippen MR) is 56.0 cm³/mol. The van der Waals surface area contributed by atoms with E-state index in [0.29, 0.717) is 6.54 Å². The lowest BCUT2D eigenvalue weighted by Gasteiger charge is -2.03. The van der Waals surface area contributed by atoms with Crippen LogP contribution in [-0.4, -0.2) is 15.5 Å². The SMILES string of the molecule is CNS(=O)(=O)Cc1ccc(CN)cc1. The van der Waals surface area contributed by atoms with E-state index in [1.54, 1.807) is 12.1 Å². The highest BCUT2D eigenvalue weighted by atomic mass is 32.2. The first kappa shape index (κ1) is 11.2. The molecule has 0 atom stereocenters. The Labute approximate surface area is 84.2 Å². The number of nitrogens with one attached hydrogen (secondary N) is 1. The first-order valence-electron chi connectivity index (χ1n) is 4.26. The van der Waals surface area contributed by atoms with Gasteiger partial charge in [-0.15, -0.1) is 0 Å². The molecule has 14 heavy (non-hydrogen) atoms. The van der Waals surface area contributed by atoms with E-state index < -0.39 is 10.0 Å². The molecule has 3 N–H and O–H groups in total. The van der Waals surface area contributed by atoms with Crippen molar-refractivity contribution in [2.24, 2.45) is 5.73 Å². The van der Waals surface area contributed by atoms with Gasteiger partial charge in [0, 0.05) is 6.54 Å². The predicted octanol–water partition coefficient (Wildman–Crippen LogP) is 0.194. The van der Waals surface area contributed by atoms with E-state index in [0.717, 1.165) is 11.1 Å². The average Bonchev–Trinajstić information content (AvgIpc) is 2.19. The van der Waals surface area contributed by atoms with E-state index in [1.807, 2.05) is 12.1 Å². The van der Waals surface area contributed by atoms with Gasteiger partial charge in [0.25, 0.3) is 0 Å². The molecule has 0 radical (unpaired) electrons. The summed E-state index contributed by atoms with van der Waals surface area (Å²) >= 11 is 0. The van der Waals surface area contributed by atoms with Gasteiger partial charge in [-0.1, -0.05) is 24.3 Å². The molecule has 0 unspecified atom stereocenters. The van der Waals surface area contributed by atoms with Gasteiger partial charge in [0.15, 0.2) is 0 Å². The summed E-state index contributed by atoms with van der Waals surface area (Å²) in [5.74, 6) is 0.00829. The third kappa shape index (κ3) is 3.10. The molecule has 5 heteroatoms. The van der Waals surface area contributed by atoms with Gasteiger partial charge in [-0.05, 0) is 18.2 Å². The molecule has 0 amide bonds. The maximum Gasteiger partial charge on any atom is 0.215 e. The van der Waals surface area contributed by atoms with Gasteiger partial charge >= 0.3 is 0 Å². The molecule has 1 aromatic rings. The number of sulfonamides is 1. The van der Waals surface area contributed by atoms with Crippen LogP contribution in [0.25, 0.3) is 0 Å². The molecule has 0 fully saturated rings. The summed E-state index contributed by atoms with van der Waals surface area (Å²) in [5, 5.41) is 0. The van der Waals surface area contributed by atoms with Gasteiger partial charge in [0.05, 0.1) is 5.75 Å². The van der Waals surface area contributed by atoms with Crippen LogP contribution >= 0.6 is 0 Å². The van der Waals surface area contributed by atoms with Crippen molar-refractivity contribution in [1.82, 2.24) is 4.72 Å². The topological polar surface area (TPSA) is 72.2 Å². The lowest BCUT2D eigenvalue weighted by atomic mass is 10.1. The zero-order valence-corrected chi connectivity index (χ0v) is 8.84. The maximum atomic E-state index is 11.2. The molecule has 1 aromatic carbocycles. The zero-order chi connectivity index (χ0) is 10.6. The summed E-state index contributed by atoms with van der Waals surface area (Å²) in [6, 6.07) is 7.22. The van der Waals surface area contributed by atoms with Gasteiger partial charge in [-0.2, -0.15) is 0 Å². The van der Waals surface area contributed by atoms with Crippen molar-refractivity contribution in [1.29, 1.82) is 0 Å². The summed E-state index contributed by atoms with van der Waals surface area (Å²) in [5.41, 5.74) is 7.18. The highest BCUT2D eigenvalue weighted by Gasteiger charge is 2.07. The fourth-order valence-corrected chi connectivity index (χ4v) is 1.84. The number of benzene rings is 1. The standard InChI is InChI=1S/C9H14N2O2S/c1-11-14(12,13)7-9-4-2-8(6-10)3-5-9/h2-5,11H,6-7,10H2,1H3. The van der Waals surface area contributed by atoms with E-state index in [2.05, 4.69) is 4.72 Å². The lowest BCUT2D eigenvalue weighted by molar-refractivity contribution is 0.587. The first-order valence-corrected chi connectivity index (χ1v) is 5.92. The molecule has 1 rings (SSSR count). The molecule has 4 nitrogen and oxygen atoms in total. The van der Waals surface area contributed by atoms with E-state index in [-0.39, 0.29) is 5.75 Å². The van der Waals surface area contributed by atoms with Crippen LogP contribution in [0.3, 0.4) is 0 Å². The van der Waals surface area contributed by atoms with Crippen molar-refractivity contribution in [2.75, 3.05) is 7.05 Å². The molecule has 0 spiro atoms. The quantitative estimate of drug-likeness (QED) is 0.751. The van der Waals surface area contributed by atoms with Gasteiger partial charge in [-0.25, -0.2) is 13.1 Å². The molecule has 0 aliphatic carbocycles. The minimum atomic E-state index is -3.17. The summed E-state index contributed by atoms with van der Waals surface area (Å²) in [6.45, 7) is 0.471. The van der Waals surface area contributed by atoms with E-state index in [4.69, 9.17) is 5.73 Å². The summed E-state index contributed by atoms with van der Waals surface area (Å²) in [4.78, 5) is 0. The van der Waals surface area contributed by atoms with Crippen molar-refractivity contribution in [2.45, 2.75) is 12.3 Å². The Balaban J connectivity index is 2.79. The molecular weight excluding hydrogens is 200 g/mol. The molecular formula is C9H14N2O2S. The Bertz CT molecular complexity index is 384. The molecule has 0 heterocycles. The van der Waals surface area contributed by atoms with Gasteiger partial charge in [-0.3, -0.25) is 0 Å². The normalized spacial score (nSPS) is 11.6. The van der Waals surface area contributed by atoms with Crippen LogP contribution < -0.4 is 10.5 Å². The fraction of sp³-hybridized carbons (Fsp3) is 0.333. The monoisotopic (exact) mass is 214 g/mol. The zero-order valence-electron chi connectivity index (χ0n) is 8.03. The second kappa shape index (κ2) is 4.54. The Morgan fingerprint density at radius 1 is 1.21 bits per heavy atom. The number of rotatable bonds is 4. The van der Waals surface area contributed by atoms with Gasteiger partial charge in [0.2, 0.25) is 10.0 Å². The molecule has 0 aromatic heterocycles. The number of hydrogen-bond acceptors (Lipinski definition) is 3. The first-order chi connectivity index (χ1) is 6.57. The second-order valence-electron chi connectivity index (χ2n) is 2.98. The minimum absolute atomic E-state index is 0.00829. The maximum absolute atomic E-state index is 11.2. The van der Waals surface area contributed by atoms with Crippen LogP contribution in [0.2, 0.25) is 0 Å². The van der Waals surface area contributed by atoms with E-state index in [1.165, 1.54) is 7.05 Å². The average molecular weight is 214 g/mol. The molecule has 0 bridgehead atoms. The van der Waals surface area contributed by atoms with Crippen LogP contribution in [0.4, 0.5) is 0 Å². The van der Waals surface area contributed by atoms with Crippen LogP contribution in [0.15, 0.2) is 24.3 Å². The van der Waals surface area contributed by atoms with Crippen LogP contribution in [0.1, 0.15) is 11.1 Å². The minimum Gasteiger partial charge on any atom is -0.326 e. The largest absolute Gasteiger partial charge is 0.326 e. The molecule has 0 aliphatic rings. The van der Waals surface area contributed by atoms with E-state index in [9.17, 15) is 8.42 Å². The van der Waals surface area contributed by atoms with Gasteiger partial charge in [0.1, 0.15) is 0 Å². The lowest BCUT2D eigenvalue weighted by Crippen LogP contribution is -2.20. The molecule has 78 valence electrons. The third-order valence-corrected chi connectivity index (χ3v) is 3.26. The summed E-state index contributed by atoms with van der Waals surface area (Å²) in [6.07, 6.45) is 0. The number of hydrogen-bond donors (Lipinski definition) is 2. The summed E-state index contributed by atoms with van der Waals surface area (Å²) in [7, 11) is -1.77.